The fourth-order valence-electron chi connectivity index (χ4n) is 3.22. The Morgan fingerprint density at radius 2 is 1.81 bits per heavy atom. The van der Waals surface area contributed by atoms with Crippen LogP contribution in [-0.4, -0.2) is 26.4 Å². The third-order valence-corrected chi connectivity index (χ3v) is 6.72. The van der Waals surface area contributed by atoms with Crippen LogP contribution in [0.1, 0.15) is 16.7 Å². The number of nitrogens with zero attached hydrogens (tertiary/aromatic N) is 2. The van der Waals surface area contributed by atoms with Crippen molar-refractivity contribution >= 4 is 27.3 Å². The van der Waals surface area contributed by atoms with Crippen molar-refractivity contribution in [3.63, 3.8) is 0 Å². The molecular weight excluding hydrogens is 524 g/mol. The van der Waals surface area contributed by atoms with E-state index in [2.05, 4.69) is 5.10 Å². The number of hydrogen-bond donors (Lipinski definition) is 2. The number of amidine groups is 1. The highest BCUT2D eigenvalue weighted by Gasteiger charge is 2.31. The summed E-state index contributed by atoms with van der Waals surface area (Å²) in [5.41, 5.74) is 4.85. The van der Waals surface area contributed by atoms with Gasteiger partial charge in [0.25, 0.3) is 0 Å². The molecule has 0 saturated carbocycles. The second-order valence-electron chi connectivity index (χ2n) is 7.75. The summed E-state index contributed by atoms with van der Waals surface area (Å²) in [5.74, 6) is 3.77. The first-order valence-electron chi connectivity index (χ1n) is 10.2. The van der Waals surface area contributed by atoms with E-state index >= 15 is 0 Å². The maximum absolute atomic E-state index is 13.9. The van der Waals surface area contributed by atoms with Crippen LogP contribution in [0.5, 0.6) is 11.5 Å². The lowest BCUT2D eigenvalue weighted by atomic mass is 10.1. The van der Waals surface area contributed by atoms with Crippen molar-refractivity contribution in [1.82, 2.24) is 5.12 Å². The zero-order chi connectivity index (χ0) is 26.7. The Morgan fingerprint density at radius 3 is 2.42 bits per heavy atom. The van der Waals surface area contributed by atoms with Crippen LogP contribution in [0.2, 0.25) is 5.02 Å². The van der Waals surface area contributed by atoms with Crippen molar-refractivity contribution in [3.05, 3.63) is 88.2 Å². The van der Waals surface area contributed by atoms with Gasteiger partial charge in [-0.25, -0.2) is 23.8 Å². The fraction of sp³-hybridized carbons (Fsp3) is 0.174. The van der Waals surface area contributed by atoms with Crippen LogP contribution in [0.15, 0.2) is 70.7 Å². The molecule has 7 nitrogen and oxygen atoms in total. The zero-order valence-corrected chi connectivity index (χ0v) is 20.3. The molecule has 0 aromatic heterocycles. The molecule has 0 heterocycles. The summed E-state index contributed by atoms with van der Waals surface area (Å²) >= 11 is 6.19. The Hall–Kier alpha value is -3.35. The number of halogens is 5. The van der Waals surface area contributed by atoms with Gasteiger partial charge >= 0.3 is 6.18 Å². The molecular formula is C23H21ClF4N4O3S. The molecule has 0 aliphatic carbocycles. The summed E-state index contributed by atoms with van der Waals surface area (Å²) < 4.78 is 85.2. The Labute approximate surface area is 209 Å². The molecule has 13 heteroatoms. The molecule has 0 spiro atoms. The lowest BCUT2D eigenvalue weighted by Gasteiger charge is -2.15. The molecule has 0 unspecified atom stereocenters. The fourth-order valence-corrected chi connectivity index (χ4v) is 4.89. The van der Waals surface area contributed by atoms with E-state index in [0.717, 1.165) is 29.4 Å². The van der Waals surface area contributed by atoms with E-state index in [1.165, 1.54) is 43.4 Å². The van der Waals surface area contributed by atoms with E-state index in [1.807, 2.05) is 0 Å². The van der Waals surface area contributed by atoms with Crippen LogP contribution in [-0.2, 0) is 28.2 Å². The molecule has 4 N–H and O–H groups in total. The first kappa shape index (κ1) is 27.2. The second kappa shape index (κ2) is 10.7. The quantitative estimate of drug-likeness (QED) is 0.137. The van der Waals surface area contributed by atoms with E-state index < -0.39 is 33.1 Å². The van der Waals surface area contributed by atoms with Gasteiger partial charge in [-0.15, -0.1) is 5.10 Å². The summed E-state index contributed by atoms with van der Waals surface area (Å²) in [6, 6.07) is 11.9. The number of nitrogens with two attached hydrogens (primary N) is 2. The number of hydrazone groups is 1. The Kier molecular flexibility index (Phi) is 8.12. The van der Waals surface area contributed by atoms with Gasteiger partial charge in [0.15, 0.2) is 9.84 Å². The Bertz CT molecular complexity index is 1400. The van der Waals surface area contributed by atoms with Gasteiger partial charge < -0.3 is 10.5 Å². The predicted octanol–water partition coefficient (Wildman–Crippen LogP) is 4.88. The van der Waals surface area contributed by atoms with E-state index in [4.69, 9.17) is 27.9 Å². The zero-order valence-electron chi connectivity index (χ0n) is 18.8. The number of sulfone groups is 1. The summed E-state index contributed by atoms with van der Waals surface area (Å²) in [5, 5.41) is 4.49. The number of benzene rings is 3. The molecule has 3 aromatic rings. The summed E-state index contributed by atoms with van der Waals surface area (Å²) in [6.07, 6.45) is -4.83. The molecule has 36 heavy (non-hydrogen) atoms. The topological polar surface area (TPSA) is 111 Å². The summed E-state index contributed by atoms with van der Waals surface area (Å²) in [6.45, 7) is 0. The lowest BCUT2D eigenvalue weighted by Crippen LogP contribution is -2.26. The van der Waals surface area contributed by atoms with Crippen LogP contribution in [0, 0.1) is 5.82 Å². The average Bonchev–Trinajstić information content (AvgIpc) is 2.75. The molecule has 0 fully saturated rings. The lowest BCUT2D eigenvalue weighted by molar-refractivity contribution is -0.137. The maximum Gasteiger partial charge on any atom is 0.416 e. The molecule has 0 bridgehead atoms. The molecule has 0 radical (unpaired) electrons. The van der Waals surface area contributed by atoms with Crippen LogP contribution in [0.3, 0.4) is 0 Å². The van der Waals surface area contributed by atoms with Crippen LogP contribution < -0.4 is 16.3 Å². The van der Waals surface area contributed by atoms with Gasteiger partial charge in [-0.05, 0) is 48.0 Å². The monoisotopic (exact) mass is 544 g/mol. The Morgan fingerprint density at radius 1 is 1.11 bits per heavy atom. The van der Waals surface area contributed by atoms with E-state index in [0.29, 0.717) is 0 Å². The molecule has 0 saturated heterocycles. The third-order valence-electron chi connectivity index (χ3n) is 4.76. The number of hydrogen-bond acceptors (Lipinski definition) is 6. The minimum Gasteiger partial charge on any atom is -0.456 e. The SMILES string of the molecule is CN(N)/N=C(\N)Cc1cc(Oc2ccc(S(=O)(=O)Cc3ccccc3F)cc2Cl)cc(C(F)(F)F)c1. The number of hydrazine groups is 1. The van der Waals surface area contributed by atoms with Crippen molar-refractivity contribution in [2.75, 3.05) is 7.05 Å². The molecule has 0 aliphatic heterocycles. The van der Waals surface area contributed by atoms with Gasteiger partial charge in [0, 0.05) is 19.0 Å². The predicted molar refractivity (Wildman–Crippen MR) is 128 cm³/mol. The van der Waals surface area contributed by atoms with Gasteiger partial charge in [0.1, 0.15) is 23.2 Å². The van der Waals surface area contributed by atoms with Crippen LogP contribution in [0.4, 0.5) is 17.6 Å². The third kappa shape index (κ3) is 7.09. The van der Waals surface area contributed by atoms with E-state index in [1.54, 1.807) is 0 Å². The first-order valence-corrected chi connectivity index (χ1v) is 12.2. The second-order valence-corrected chi connectivity index (χ2v) is 10.1. The highest BCUT2D eigenvalue weighted by molar-refractivity contribution is 7.90. The number of alkyl halides is 3. The number of rotatable bonds is 8. The van der Waals surface area contributed by atoms with Crippen molar-refractivity contribution in [2.24, 2.45) is 16.7 Å². The molecule has 192 valence electrons. The molecule has 0 atom stereocenters. The van der Waals surface area contributed by atoms with Gasteiger partial charge in [-0.1, -0.05) is 29.8 Å². The van der Waals surface area contributed by atoms with Crippen LogP contribution >= 0.6 is 11.6 Å². The maximum atomic E-state index is 13.9. The molecule has 0 amide bonds. The summed E-state index contributed by atoms with van der Waals surface area (Å²) in [7, 11) is -2.58. The highest BCUT2D eigenvalue weighted by atomic mass is 35.5. The van der Waals surface area contributed by atoms with Gasteiger partial charge in [0.2, 0.25) is 0 Å². The Balaban J connectivity index is 1.90. The van der Waals surface area contributed by atoms with Crippen LogP contribution in [0.25, 0.3) is 0 Å². The minimum atomic E-state index is -4.68. The first-order chi connectivity index (χ1) is 16.7. The molecule has 0 aliphatic rings. The van der Waals surface area contributed by atoms with Gasteiger partial charge in [-0.2, -0.15) is 13.2 Å². The minimum absolute atomic E-state index is 0.0194. The smallest absolute Gasteiger partial charge is 0.416 e. The van der Waals surface area contributed by atoms with Crippen molar-refractivity contribution < 1.29 is 30.7 Å². The summed E-state index contributed by atoms with van der Waals surface area (Å²) in [4.78, 5) is -0.206. The number of ether oxygens (including phenoxy) is 1. The molecule has 3 aromatic carbocycles. The largest absolute Gasteiger partial charge is 0.456 e. The standard InChI is InChI=1S/C23H21ClF4N4O3S/c1-32(30)31-22(29)10-14-8-16(23(26,27)28)11-17(9-14)35-21-7-6-18(12-19(21)24)36(33,34)13-15-4-2-3-5-20(15)25/h2-9,11-12H,10,13,30H2,1H3,(H2,29,31). The molecule has 3 rings (SSSR count). The van der Waals surface area contributed by atoms with Crippen molar-refractivity contribution in [2.45, 2.75) is 23.2 Å². The highest BCUT2D eigenvalue weighted by Crippen LogP contribution is 2.37. The van der Waals surface area contributed by atoms with E-state index in [-0.39, 0.29) is 44.8 Å². The van der Waals surface area contributed by atoms with Crippen molar-refractivity contribution in [3.8, 4) is 11.5 Å². The van der Waals surface area contributed by atoms with Crippen molar-refractivity contribution in [1.29, 1.82) is 0 Å². The normalized spacial score (nSPS) is 12.5. The van der Waals surface area contributed by atoms with E-state index in [9.17, 15) is 26.0 Å². The average molecular weight is 545 g/mol. The van der Waals surface area contributed by atoms with Gasteiger partial charge in [-0.3, -0.25) is 0 Å². The van der Waals surface area contributed by atoms with Gasteiger partial charge in [0.05, 0.1) is 21.2 Å².